The van der Waals surface area contributed by atoms with Crippen molar-refractivity contribution < 1.29 is 13.9 Å². The van der Waals surface area contributed by atoms with Crippen molar-refractivity contribution in [1.29, 1.82) is 0 Å². The molecule has 2 aromatic carbocycles. The number of amides is 1. The SMILES string of the molecule is COc1ccc(NC(=O)Cn2c3c(sc2=O)[C@@H](c2ccc(F)cc2)C2C4CCC(C4)C2S3)cc1. The van der Waals surface area contributed by atoms with E-state index in [9.17, 15) is 14.0 Å². The monoisotopic (exact) mass is 496 g/mol. The Morgan fingerprint density at radius 2 is 1.85 bits per heavy atom. The number of halogens is 1. The Bertz CT molecular complexity index is 1280. The minimum absolute atomic E-state index is 0.0225. The van der Waals surface area contributed by atoms with E-state index in [0.29, 0.717) is 34.4 Å². The summed E-state index contributed by atoms with van der Waals surface area (Å²) in [4.78, 5) is 26.9. The molecule has 8 heteroatoms. The molecule has 2 fully saturated rings. The second-order valence-electron chi connectivity index (χ2n) is 9.42. The number of hydrogen-bond acceptors (Lipinski definition) is 5. The largest absolute Gasteiger partial charge is 0.497 e. The van der Waals surface area contributed by atoms with E-state index in [1.54, 1.807) is 47.7 Å². The van der Waals surface area contributed by atoms with Gasteiger partial charge in [-0.15, -0.1) is 11.8 Å². The molecule has 6 rings (SSSR count). The zero-order chi connectivity index (χ0) is 23.4. The summed E-state index contributed by atoms with van der Waals surface area (Å²) >= 11 is 3.05. The number of thiazole rings is 1. The lowest BCUT2D eigenvalue weighted by atomic mass is 9.75. The minimum Gasteiger partial charge on any atom is -0.497 e. The zero-order valence-electron chi connectivity index (χ0n) is 18.7. The summed E-state index contributed by atoms with van der Waals surface area (Å²) in [7, 11) is 1.59. The van der Waals surface area contributed by atoms with Gasteiger partial charge in [-0.1, -0.05) is 23.5 Å². The number of ether oxygens (including phenoxy) is 1. The predicted molar refractivity (Wildman–Crippen MR) is 132 cm³/mol. The van der Waals surface area contributed by atoms with Gasteiger partial charge in [0.25, 0.3) is 0 Å². The molecule has 5 atom stereocenters. The lowest BCUT2D eigenvalue weighted by Gasteiger charge is -2.40. The topological polar surface area (TPSA) is 60.3 Å². The average molecular weight is 497 g/mol. The number of thioether (sulfide) groups is 1. The molecule has 2 saturated carbocycles. The fourth-order valence-electron chi connectivity index (χ4n) is 6.15. The third-order valence-electron chi connectivity index (χ3n) is 7.60. The first kappa shape index (κ1) is 21.9. The average Bonchev–Trinajstić information content (AvgIpc) is 3.53. The van der Waals surface area contributed by atoms with Gasteiger partial charge in [-0.2, -0.15) is 0 Å². The highest BCUT2D eigenvalue weighted by Crippen LogP contribution is 2.64. The van der Waals surface area contributed by atoms with Crippen LogP contribution < -0.4 is 14.9 Å². The van der Waals surface area contributed by atoms with Gasteiger partial charge in [0, 0.05) is 21.7 Å². The predicted octanol–water partition coefficient (Wildman–Crippen LogP) is 5.35. The van der Waals surface area contributed by atoms with Gasteiger partial charge >= 0.3 is 4.87 Å². The maximum Gasteiger partial charge on any atom is 0.308 e. The van der Waals surface area contributed by atoms with Crippen molar-refractivity contribution in [3.63, 3.8) is 0 Å². The fourth-order valence-corrected chi connectivity index (χ4v) is 9.30. The first-order chi connectivity index (χ1) is 16.5. The van der Waals surface area contributed by atoms with Crippen LogP contribution in [-0.4, -0.2) is 22.8 Å². The van der Waals surface area contributed by atoms with Gasteiger partial charge in [-0.05, 0) is 79.0 Å². The first-order valence-electron chi connectivity index (χ1n) is 11.6. The highest BCUT2D eigenvalue weighted by Gasteiger charge is 2.55. The van der Waals surface area contributed by atoms with E-state index in [1.165, 1.54) is 42.7 Å². The third kappa shape index (κ3) is 3.67. The minimum atomic E-state index is -0.250. The van der Waals surface area contributed by atoms with Crippen LogP contribution in [0.1, 0.15) is 35.6 Å². The molecule has 2 heterocycles. The number of nitrogens with one attached hydrogen (secondary N) is 1. The molecule has 2 aliphatic carbocycles. The molecule has 0 radical (unpaired) electrons. The number of benzene rings is 2. The van der Waals surface area contributed by atoms with Crippen LogP contribution in [0.3, 0.4) is 0 Å². The normalized spacial score (nSPS) is 26.7. The van der Waals surface area contributed by atoms with Gasteiger partial charge in [0.05, 0.1) is 12.1 Å². The summed E-state index contributed by atoms with van der Waals surface area (Å²) in [6.45, 7) is -0.0225. The van der Waals surface area contributed by atoms with E-state index < -0.39 is 0 Å². The number of anilines is 1. The van der Waals surface area contributed by atoms with E-state index in [1.807, 2.05) is 12.1 Å². The number of carbonyl (C=O) groups excluding carboxylic acids is 1. The number of methoxy groups -OCH3 is 1. The van der Waals surface area contributed by atoms with Crippen molar-refractivity contribution >= 4 is 34.7 Å². The van der Waals surface area contributed by atoms with Crippen LogP contribution in [-0.2, 0) is 11.3 Å². The van der Waals surface area contributed by atoms with Crippen LogP contribution in [0.4, 0.5) is 10.1 Å². The molecule has 0 spiro atoms. The van der Waals surface area contributed by atoms with E-state index in [4.69, 9.17) is 4.74 Å². The molecule has 1 aromatic heterocycles. The van der Waals surface area contributed by atoms with Crippen LogP contribution >= 0.6 is 23.1 Å². The van der Waals surface area contributed by atoms with Crippen molar-refractivity contribution in [2.75, 3.05) is 12.4 Å². The van der Waals surface area contributed by atoms with Crippen LogP contribution in [0.5, 0.6) is 5.75 Å². The first-order valence-corrected chi connectivity index (χ1v) is 13.3. The molecule has 2 bridgehead atoms. The third-order valence-corrected chi connectivity index (χ3v) is 10.4. The smallest absolute Gasteiger partial charge is 0.308 e. The van der Waals surface area contributed by atoms with Gasteiger partial charge in [0.2, 0.25) is 5.91 Å². The number of carbonyl (C=O) groups is 1. The highest BCUT2D eigenvalue weighted by molar-refractivity contribution is 8.00. The Hall–Kier alpha value is -2.58. The summed E-state index contributed by atoms with van der Waals surface area (Å²) in [5, 5.41) is 4.24. The maximum atomic E-state index is 13.7. The van der Waals surface area contributed by atoms with Crippen molar-refractivity contribution in [3.05, 3.63) is 74.5 Å². The zero-order valence-corrected chi connectivity index (χ0v) is 20.3. The number of hydrogen-bond donors (Lipinski definition) is 1. The molecule has 3 aromatic rings. The number of nitrogens with zero attached hydrogens (tertiary/aromatic N) is 1. The second kappa shape index (κ2) is 8.57. The highest BCUT2D eigenvalue weighted by atomic mass is 32.2. The second-order valence-corrected chi connectivity index (χ2v) is 11.6. The molecule has 5 nitrogen and oxygen atoms in total. The molecular weight excluding hydrogens is 471 g/mol. The number of aromatic nitrogens is 1. The molecule has 1 N–H and O–H groups in total. The molecule has 3 aliphatic rings. The van der Waals surface area contributed by atoms with E-state index in [0.717, 1.165) is 15.5 Å². The van der Waals surface area contributed by atoms with Gasteiger partial charge in [0.1, 0.15) is 18.1 Å². The van der Waals surface area contributed by atoms with Crippen molar-refractivity contribution in [1.82, 2.24) is 4.57 Å². The van der Waals surface area contributed by atoms with Gasteiger partial charge < -0.3 is 10.1 Å². The van der Waals surface area contributed by atoms with E-state index in [-0.39, 0.29) is 29.1 Å². The summed E-state index contributed by atoms with van der Waals surface area (Å²) in [5.74, 6) is 2.07. The molecule has 176 valence electrons. The lowest BCUT2D eigenvalue weighted by molar-refractivity contribution is -0.116. The van der Waals surface area contributed by atoms with Gasteiger partial charge in [-0.3, -0.25) is 14.2 Å². The van der Waals surface area contributed by atoms with Crippen molar-refractivity contribution in [2.45, 2.75) is 42.0 Å². The number of rotatable bonds is 5. The Morgan fingerprint density at radius 1 is 1.12 bits per heavy atom. The van der Waals surface area contributed by atoms with Crippen molar-refractivity contribution in [2.24, 2.45) is 17.8 Å². The summed E-state index contributed by atoms with van der Waals surface area (Å²) in [6, 6.07) is 13.9. The Kier molecular flexibility index (Phi) is 5.53. The number of fused-ring (bicyclic) bond motifs is 6. The molecule has 1 amide bonds. The molecule has 1 aliphatic heterocycles. The van der Waals surface area contributed by atoms with Gasteiger partial charge in [0.15, 0.2) is 0 Å². The summed E-state index contributed by atoms with van der Waals surface area (Å²) < 4.78 is 20.5. The Morgan fingerprint density at radius 3 is 2.59 bits per heavy atom. The summed E-state index contributed by atoms with van der Waals surface area (Å²) in [5.41, 5.74) is 1.73. The quantitative estimate of drug-likeness (QED) is 0.517. The van der Waals surface area contributed by atoms with E-state index >= 15 is 0 Å². The van der Waals surface area contributed by atoms with Gasteiger partial charge in [-0.25, -0.2) is 4.39 Å². The van der Waals surface area contributed by atoms with Crippen LogP contribution in [0.25, 0.3) is 0 Å². The Labute approximate surface area is 205 Å². The molecule has 0 saturated heterocycles. The Balaban J connectivity index is 1.33. The molecular formula is C26H25FN2O3S2. The summed E-state index contributed by atoms with van der Waals surface area (Å²) in [6.07, 6.45) is 3.70. The van der Waals surface area contributed by atoms with Crippen LogP contribution in [0, 0.1) is 23.6 Å². The van der Waals surface area contributed by atoms with Crippen LogP contribution in [0.2, 0.25) is 0 Å². The maximum absolute atomic E-state index is 13.7. The van der Waals surface area contributed by atoms with Crippen LogP contribution in [0.15, 0.2) is 58.4 Å². The standard InChI is InChI=1S/C26H25FN2O3S2/c1-32-19-10-8-18(9-11-19)28-20(30)13-29-25-24(34-26(29)31)21(14-4-6-17(27)7-5-14)22-15-2-3-16(12-15)23(22)33-25/h4-11,15-16,21-23H,2-3,12-13H2,1H3,(H,28,30)/t15?,16?,21-,22?,23?/m0/s1. The lowest BCUT2D eigenvalue weighted by Crippen LogP contribution is -2.34. The molecule has 34 heavy (non-hydrogen) atoms. The van der Waals surface area contributed by atoms with Crippen molar-refractivity contribution in [3.8, 4) is 5.75 Å². The molecule has 4 unspecified atom stereocenters. The van der Waals surface area contributed by atoms with E-state index in [2.05, 4.69) is 5.32 Å². The fraction of sp³-hybridized carbons (Fsp3) is 0.385.